The average molecular weight is 459 g/mol. The summed E-state index contributed by atoms with van der Waals surface area (Å²) in [5, 5.41) is 8.64. The lowest BCUT2D eigenvalue weighted by Gasteiger charge is -2.26. The number of anilines is 3. The van der Waals surface area contributed by atoms with Gasteiger partial charge in [-0.3, -0.25) is 9.59 Å². The number of hydrogen-bond donors (Lipinski definition) is 3. The number of aryl methyl sites for hydroxylation is 1. The van der Waals surface area contributed by atoms with Crippen molar-refractivity contribution in [2.75, 3.05) is 35.6 Å². The molecule has 0 unspecified atom stereocenters. The van der Waals surface area contributed by atoms with E-state index in [0.29, 0.717) is 24.5 Å². The second kappa shape index (κ2) is 10.1. The molecule has 0 atom stereocenters. The number of amides is 2. The van der Waals surface area contributed by atoms with Crippen LogP contribution in [0, 0.1) is 13.8 Å². The number of carbonyl (C=O) groups is 2. The summed E-state index contributed by atoms with van der Waals surface area (Å²) in [6.45, 7) is 6.16. The third-order valence-corrected chi connectivity index (χ3v) is 7.41. The van der Waals surface area contributed by atoms with Crippen molar-refractivity contribution in [2.45, 2.75) is 44.9 Å². The molecule has 3 rings (SSSR count). The molecule has 0 saturated carbocycles. The van der Waals surface area contributed by atoms with Crippen molar-refractivity contribution >= 4 is 38.9 Å². The molecule has 172 valence electrons. The van der Waals surface area contributed by atoms with E-state index in [4.69, 9.17) is 0 Å². The molecule has 1 fully saturated rings. The van der Waals surface area contributed by atoms with E-state index in [-0.39, 0.29) is 23.3 Å². The van der Waals surface area contributed by atoms with Gasteiger partial charge >= 0.3 is 0 Å². The van der Waals surface area contributed by atoms with E-state index in [0.717, 1.165) is 36.1 Å². The Balaban J connectivity index is 1.69. The van der Waals surface area contributed by atoms with Gasteiger partial charge in [-0.05, 0) is 62.1 Å². The predicted molar refractivity (Wildman–Crippen MR) is 126 cm³/mol. The van der Waals surface area contributed by atoms with Gasteiger partial charge in [0.15, 0.2) is 0 Å². The van der Waals surface area contributed by atoms with Gasteiger partial charge < -0.3 is 16.0 Å². The van der Waals surface area contributed by atoms with Gasteiger partial charge in [0.25, 0.3) is 0 Å². The number of nitrogens with one attached hydrogen (secondary N) is 3. The van der Waals surface area contributed by atoms with Crippen LogP contribution in [0.3, 0.4) is 0 Å². The number of nitrogens with zero attached hydrogens (tertiary/aromatic N) is 1. The lowest BCUT2D eigenvalue weighted by atomic mass is 10.1. The average Bonchev–Trinajstić information content (AvgIpc) is 2.76. The van der Waals surface area contributed by atoms with Gasteiger partial charge in [-0.15, -0.1) is 0 Å². The maximum Gasteiger partial charge on any atom is 0.243 e. The van der Waals surface area contributed by atoms with E-state index in [1.165, 1.54) is 17.3 Å². The molecule has 0 aliphatic carbocycles. The van der Waals surface area contributed by atoms with E-state index in [1.807, 2.05) is 19.9 Å². The van der Waals surface area contributed by atoms with Crippen LogP contribution in [0.5, 0.6) is 0 Å². The first-order chi connectivity index (χ1) is 15.2. The van der Waals surface area contributed by atoms with Gasteiger partial charge in [0.1, 0.15) is 0 Å². The summed E-state index contributed by atoms with van der Waals surface area (Å²) < 4.78 is 27.4. The zero-order valence-electron chi connectivity index (χ0n) is 18.7. The second-order valence-corrected chi connectivity index (χ2v) is 9.94. The van der Waals surface area contributed by atoms with Gasteiger partial charge in [0, 0.05) is 37.1 Å². The first-order valence-electron chi connectivity index (χ1n) is 10.7. The fourth-order valence-electron chi connectivity index (χ4n) is 3.67. The predicted octanol–water partition coefficient (Wildman–Crippen LogP) is 3.49. The lowest BCUT2D eigenvalue weighted by Crippen LogP contribution is -2.35. The zero-order chi connectivity index (χ0) is 23.3. The standard InChI is InChI=1S/C23H30N4O4S/c1-16-10-11-19(32(30,31)27-12-5-4-6-13-27)14-22(16)26-23(29)15-24-20-8-7-9-21(17(20)2)25-18(3)28/h7-11,14,24H,4-6,12-13,15H2,1-3H3,(H,25,28)(H,26,29). The van der Waals surface area contributed by atoms with Crippen LogP contribution in [-0.4, -0.2) is 44.2 Å². The molecule has 32 heavy (non-hydrogen) atoms. The maximum absolute atomic E-state index is 13.0. The number of carbonyl (C=O) groups excluding carboxylic acids is 2. The number of rotatable bonds is 7. The van der Waals surface area contributed by atoms with Crippen molar-refractivity contribution in [1.29, 1.82) is 0 Å². The van der Waals surface area contributed by atoms with Gasteiger partial charge in [0.05, 0.1) is 11.4 Å². The van der Waals surface area contributed by atoms with Gasteiger partial charge in [-0.25, -0.2) is 8.42 Å². The summed E-state index contributed by atoms with van der Waals surface area (Å²) >= 11 is 0. The highest BCUT2D eigenvalue weighted by Gasteiger charge is 2.26. The molecular weight excluding hydrogens is 428 g/mol. The molecule has 9 heteroatoms. The summed E-state index contributed by atoms with van der Waals surface area (Å²) in [7, 11) is -3.58. The Hall–Kier alpha value is -2.91. The van der Waals surface area contributed by atoms with E-state index in [9.17, 15) is 18.0 Å². The second-order valence-electron chi connectivity index (χ2n) is 8.00. The van der Waals surface area contributed by atoms with Gasteiger partial charge in [-0.2, -0.15) is 4.31 Å². The van der Waals surface area contributed by atoms with Crippen molar-refractivity contribution < 1.29 is 18.0 Å². The van der Waals surface area contributed by atoms with Crippen LogP contribution in [0.25, 0.3) is 0 Å². The van der Waals surface area contributed by atoms with Crippen molar-refractivity contribution in [1.82, 2.24) is 4.31 Å². The van der Waals surface area contributed by atoms with E-state index < -0.39 is 10.0 Å². The summed E-state index contributed by atoms with van der Waals surface area (Å²) in [4.78, 5) is 24.1. The highest BCUT2D eigenvalue weighted by molar-refractivity contribution is 7.89. The number of sulfonamides is 1. The minimum atomic E-state index is -3.58. The van der Waals surface area contributed by atoms with Crippen LogP contribution in [-0.2, 0) is 19.6 Å². The van der Waals surface area contributed by atoms with Gasteiger partial charge in [-0.1, -0.05) is 18.6 Å². The molecule has 0 bridgehead atoms. The minimum absolute atomic E-state index is 0.00704. The van der Waals surface area contributed by atoms with Crippen molar-refractivity contribution in [2.24, 2.45) is 0 Å². The molecule has 3 N–H and O–H groups in total. The Labute approximate surface area is 189 Å². The molecule has 2 aromatic carbocycles. The maximum atomic E-state index is 13.0. The van der Waals surface area contributed by atoms with Crippen molar-refractivity contribution in [3.63, 3.8) is 0 Å². The molecule has 1 aliphatic heterocycles. The molecule has 1 aliphatic rings. The molecule has 0 spiro atoms. The largest absolute Gasteiger partial charge is 0.376 e. The molecule has 0 aromatic heterocycles. The van der Waals surface area contributed by atoms with E-state index in [2.05, 4.69) is 16.0 Å². The van der Waals surface area contributed by atoms with Crippen molar-refractivity contribution in [3.05, 3.63) is 47.5 Å². The normalized spacial score (nSPS) is 14.6. The Morgan fingerprint density at radius 1 is 0.938 bits per heavy atom. The minimum Gasteiger partial charge on any atom is -0.376 e. The quantitative estimate of drug-likeness (QED) is 0.589. The Morgan fingerprint density at radius 2 is 1.62 bits per heavy atom. The van der Waals surface area contributed by atoms with Crippen LogP contribution in [0.15, 0.2) is 41.3 Å². The zero-order valence-corrected chi connectivity index (χ0v) is 19.5. The van der Waals surface area contributed by atoms with Crippen LogP contribution in [0.1, 0.15) is 37.3 Å². The van der Waals surface area contributed by atoms with Crippen LogP contribution in [0.4, 0.5) is 17.1 Å². The smallest absolute Gasteiger partial charge is 0.243 e. The molecule has 1 saturated heterocycles. The highest BCUT2D eigenvalue weighted by atomic mass is 32.2. The first-order valence-corrected chi connectivity index (χ1v) is 12.1. The molecule has 1 heterocycles. The highest BCUT2D eigenvalue weighted by Crippen LogP contribution is 2.26. The van der Waals surface area contributed by atoms with E-state index >= 15 is 0 Å². The Morgan fingerprint density at radius 3 is 2.31 bits per heavy atom. The SMILES string of the molecule is CC(=O)Nc1cccc(NCC(=O)Nc2cc(S(=O)(=O)N3CCCCC3)ccc2C)c1C. The summed E-state index contributed by atoms with van der Waals surface area (Å²) in [5.41, 5.74) is 3.47. The molecule has 0 radical (unpaired) electrons. The fraction of sp³-hybridized carbons (Fsp3) is 0.391. The Kier molecular flexibility index (Phi) is 7.52. The van der Waals surface area contributed by atoms with Crippen LogP contribution < -0.4 is 16.0 Å². The Bertz CT molecular complexity index is 1110. The topological polar surface area (TPSA) is 108 Å². The summed E-state index contributed by atoms with van der Waals surface area (Å²) in [6.07, 6.45) is 2.77. The first kappa shape index (κ1) is 23.7. The van der Waals surface area contributed by atoms with Gasteiger partial charge in [0.2, 0.25) is 21.8 Å². The van der Waals surface area contributed by atoms with E-state index in [1.54, 1.807) is 24.3 Å². The number of hydrogen-bond acceptors (Lipinski definition) is 5. The molecule has 8 nitrogen and oxygen atoms in total. The number of piperidine rings is 1. The summed E-state index contributed by atoms with van der Waals surface area (Å²) in [6, 6.07) is 10.2. The lowest BCUT2D eigenvalue weighted by molar-refractivity contribution is -0.115. The van der Waals surface area contributed by atoms with Crippen molar-refractivity contribution in [3.8, 4) is 0 Å². The molecular formula is C23H30N4O4S. The monoisotopic (exact) mass is 458 g/mol. The molecule has 2 amide bonds. The summed E-state index contributed by atoms with van der Waals surface area (Å²) in [5.74, 6) is -0.470. The third kappa shape index (κ3) is 5.66. The fourth-order valence-corrected chi connectivity index (χ4v) is 5.22. The van der Waals surface area contributed by atoms with Crippen LogP contribution >= 0.6 is 0 Å². The number of benzene rings is 2. The molecule has 2 aromatic rings. The third-order valence-electron chi connectivity index (χ3n) is 5.52. The van der Waals surface area contributed by atoms with Crippen LogP contribution in [0.2, 0.25) is 0 Å².